The third-order valence-corrected chi connectivity index (χ3v) is 4.83. The van der Waals surface area contributed by atoms with Crippen molar-refractivity contribution in [3.8, 4) is 0 Å². The van der Waals surface area contributed by atoms with Crippen LogP contribution in [0.3, 0.4) is 0 Å². The van der Waals surface area contributed by atoms with Crippen molar-refractivity contribution in [2.75, 3.05) is 23.4 Å². The highest BCUT2D eigenvalue weighted by Gasteiger charge is 2.36. The van der Waals surface area contributed by atoms with Crippen molar-refractivity contribution in [1.82, 2.24) is 0 Å². The lowest BCUT2D eigenvalue weighted by Gasteiger charge is -2.19. The highest BCUT2D eigenvalue weighted by Crippen LogP contribution is 2.29. The summed E-state index contributed by atoms with van der Waals surface area (Å²) in [5.41, 5.74) is 3.44. The average Bonchev–Trinajstić information content (AvgIpc) is 3.03. The van der Waals surface area contributed by atoms with Crippen molar-refractivity contribution >= 4 is 40.8 Å². The molecule has 0 spiro atoms. The summed E-state index contributed by atoms with van der Waals surface area (Å²) in [6, 6.07) is 12.4. The zero-order chi connectivity index (χ0) is 20.3. The maximum Gasteiger partial charge on any atom is 0.311 e. The number of carbonyl (C=O) groups excluding carboxylic acids is 3. The number of nitrogens with zero attached hydrogens (tertiary/aromatic N) is 1. The monoisotopic (exact) mass is 400 g/mol. The predicted octanol–water partition coefficient (Wildman–Crippen LogP) is 3.49. The number of anilines is 2. The van der Waals surface area contributed by atoms with E-state index >= 15 is 0 Å². The van der Waals surface area contributed by atoms with E-state index in [4.69, 9.17) is 16.3 Å². The zero-order valence-electron chi connectivity index (χ0n) is 15.7. The van der Waals surface area contributed by atoms with Gasteiger partial charge >= 0.3 is 5.97 Å². The van der Waals surface area contributed by atoms with Crippen molar-refractivity contribution in [3.05, 3.63) is 58.6 Å². The van der Waals surface area contributed by atoms with E-state index in [1.165, 1.54) is 0 Å². The third-order valence-electron chi connectivity index (χ3n) is 4.57. The van der Waals surface area contributed by atoms with Gasteiger partial charge in [0.15, 0.2) is 6.61 Å². The third kappa shape index (κ3) is 4.70. The Labute approximate surface area is 168 Å². The number of amides is 2. The summed E-state index contributed by atoms with van der Waals surface area (Å²) in [6.07, 6.45) is 0.0744. The predicted molar refractivity (Wildman–Crippen MR) is 107 cm³/mol. The Kier molecular flexibility index (Phi) is 5.99. The standard InChI is InChI=1S/C21H21ClN2O4/c1-13-3-8-18(14(2)9-13)24-11-15(10-20(24)26)21(27)28-12-19(25)23-17-6-4-16(22)5-7-17/h3-9,15H,10-12H2,1-2H3,(H,23,25)/t15-/m0/s1. The van der Waals surface area contributed by atoms with E-state index in [0.717, 1.165) is 16.8 Å². The molecule has 1 atom stereocenters. The maximum absolute atomic E-state index is 12.4. The van der Waals surface area contributed by atoms with Gasteiger partial charge in [-0.25, -0.2) is 0 Å². The quantitative estimate of drug-likeness (QED) is 0.779. The van der Waals surface area contributed by atoms with E-state index in [1.54, 1.807) is 29.2 Å². The van der Waals surface area contributed by atoms with Crippen molar-refractivity contribution in [3.63, 3.8) is 0 Å². The Morgan fingerprint density at radius 2 is 1.89 bits per heavy atom. The van der Waals surface area contributed by atoms with Crippen LogP contribution in [0.4, 0.5) is 11.4 Å². The number of nitrogens with one attached hydrogen (secondary N) is 1. The highest BCUT2D eigenvalue weighted by molar-refractivity contribution is 6.30. The number of carbonyl (C=O) groups is 3. The molecule has 6 nitrogen and oxygen atoms in total. The van der Waals surface area contributed by atoms with Crippen LogP contribution >= 0.6 is 11.6 Å². The van der Waals surface area contributed by atoms with Gasteiger partial charge in [0, 0.05) is 29.4 Å². The molecule has 1 aliphatic heterocycles. The summed E-state index contributed by atoms with van der Waals surface area (Å²) < 4.78 is 5.11. The second-order valence-electron chi connectivity index (χ2n) is 6.86. The fourth-order valence-corrected chi connectivity index (χ4v) is 3.32. The minimum atomic E-state index is -0.587. The van der Waals surface area contributed by atoms with Crippen molar-refractivity contribution in [2.24, 2.45) is 5.92 Å². The van der Waals surface area contributed by atoms with Gasteiger partial charge in [-0.2, -0.15) is 0 Å². The first-order valence-electron chi connectivity index (χ1n) is 8.93. The molecule has 28 heavy (non-hydrogen) atoms. The summed E-state index contributed by atoms with van der Waals surface area (Å²) in [5.74, 6) is -1.71. The molecular weight excluding hydrogens is 380 g/mol. The van der Waals surface area contributed by atoms with Gasteiger partial charge in [-0.1, -0.05) is 29.3 Å². The van der Waals surface area contributed by atoms with Crippen LogP contribution in [-0.4, -0.2) is 30.9 Å². The first-order chi connectivity index (χ1) is 13.3. The molecule has 146 valence electrons. The Balaban J connectivity index is 1.54. The molecule has 0 aliphatic carbocycles. The summed E-state index contributed by atoms with van der Waals surface area (Å²) in [5, 5.41) is 3.18. The number of benzene rings is 2. The highest BCUT2D eigenvalue weighted by atomic mass is 35.5. The molecule has 0 radical (unpaired) electrons. The fraction of sp³-hybridized carbons (Fsp3) is 0.286. The number of esters is 1. The van der Waals surface area contributed by atoms with Crippen molar-refractivity contribution in [1.29, 1.82) is 0 Å². The molecule has 1 fully saturated rings. The molecule has 2 aromatic rings. The summed E-state index contributed by atoms with van der Waals surface area (Å²) in [7, 11) is 0. The van der Waals surface area contributed by atoms with Crippen LogP contribution in [0.25, 0.3) is 0 Å². The first kappa shape index (κ1) is 19.9. The normalized spacial score (nSPS) is 16.2. The van der Waals surface area contributed by atoms with Gasteiger partial charge < -0.3 is 15.0 Å². The van der Waals surface area contributed by atoms with E-state index in [0.29, 0.717) is 10.7 Å². The molecule has 1 saturated heterocycles. The minimum absolute atomic E-state index is 0.0744. The van der Waals surface area contributed by atoms with Crippen molar-refractivity contribution in [2.45, 2.75) is 20.3 Å². The SMILES string of the molecule is Cc1ccc(N2C[C@@H](C(=O)OCC(=O)Nc3ccc(Cl)cc3)CC2=O)c(C)c1. The number of ether oxygens (including phenoxy) is 1. The van der Waals surface area contributed by atoms with Gasteiger partial charge in [-0.05, 0) is 49.7 Å². The number of hydrogen-bond donors (Lipinski definition) is 1. The molecule has 0 saturated carbocycles. The molecule has 1 aliphatic rings. The van der Waals surface area contributed by atoms with Gasteiger partial charge in [0.05, 0.1) is 5.92 Å². The minimum Gasteiger partial charge on any atom is -0.455 e. The van der Waals surface area contributed by atoms with Crippen LogP contribution in [0.2, 0.25) is 5.02 Å². The van der Waals surface area contributed by atoms with Crippen LogP contribution in [-0.2, 0) is 19.1 Å². The summed E-state index contributed by atoms with van der Waals surface area (Å²) in [6.45, 7) is 3.76. The second kappa shape index (κ2) is 8.44. The Morgan fingerprint density at radius 3 is 2.57 bits per heavy atom. The van der Waals surface area contributed by atoms with Gasteiger partial charge in [0.1, 0.15) is 0 Å². The second-order valence-corrected chi connectivity index (χ2v) is 7.29. The molecule has 7 heteroatoms. The fourth-order valence-electron chi connectivity index (χ4n) is 3.19. The lowest BCUT2D eigenvalue weighted by molar-refractivity contribution is -0.151. The van der Waals surface area contributed by atoms with E-state index in [9.17, 15) is 14.4 Å². The van der Waals surface area contributed by atoms with E-state index in [1.807, 2.05) is 32.0 Å². The smallest absolute Gasteiger partial charge is 0.311 e. The molecule has 1 heterocycles. The number of rotatable bonds is 5. The zero-order valence-corrected chi connectivity index (χ0v) is 16.5. The van der Waals surface area contributed by atoms with Crippen LogP contribution in [0, 0.1) is 19.8 Å². The molecule has 1 N–H and O–H groups in total. The molecule has 2 amide bonds. The van der Waals surface area contributed by atoms with Crippen LogP contribution in [0.15, 0.2) is 42.5 Å². The van der Waals surface area contributed by atoms with Gasteiger partial charge in [0.2, 0.25) is 5.91 Å². The van der Waals surface area contributed by atoms with Crippen LogP contribution < -0.4 is 10.2 Å². The maximum atomic E-state index is 12.4. The summed E-state index contributed by atoms with van der Waals surface area (Å²) >= 11 is 5.80. The van der Waals surface area contributed by atoms with Crippen LogP contribution in [0.1, 0.15) is 17.5 Å². The topological polar surface area (TPSA) is 75.7 Å². The molecule has 0 unspecified atom stereocenters. The van der Waals surface area contributed by atoms with Gasteiger partial charge in [-0.15, -0.1) is 0 Å². The van der Waals surface area contributed by atoms with E-state index in [-0.39, 0.29) is 18.9 Å². The molecular formula is C21H21ClN2O4. The largest absolute Gasteiger partial charge is 0.455 e. The van der Waals surface area contributed by atoms with E-state index in [2.05, 4.69) is 5.32 Å². The Hall–Kier alpha value is -2.86. The molecule has 2 aromatic carbocycles. The lowest BCUT2D eigenvalue weighted by Crippen LogP contribution is -2.28. The Morgan fingerprint density at radius 1 is 1.18 bits per heavy atom. The van der Waals surface area contributed by atoms with E-state index < -0.39 is 24.4 Å². The van der Waals surface area contributed by atoms with Gasteiger partial charge in [-0.3, -0.25) is 14.4 Å². The molecule has 3 rings (SSSR count). The number of halogens is 1. The van der Waals surface area contributed by atoms with Crippen molar-refractivity contribution < 1.29 is 19.1 Å². The molecule has 0 aromatic heterocycles. The van der Waals surface area contributed by atoms with Crippen LogP contribution in [0.5, 0.6) is 0 Å². The lowest BCUT2D eigenvalue weighted by atomic mass is 10.1. The number of hydrogen-bond acceptors (Lipinski definition) is 4. The number of aryl methyl sites for hydroxylation is 2. The molecule has 0 bridgehead atoms. The van der Waals surface area contributed by atoms with Gasteiger partial charge in [0.25, 0.3) is 5.91 Å². The first-order valence-corrected chi connectivity index (χ1v) is 9.31. The average molecular weight is 401 g/mol. The Bertz CT molecular complexity index is 911. The summed E-state index contributed by atoms with van der Waals surface area (Å²) in [4.78, 5) is 38.2.